The smallest absolute Gasteiger partial charge is 0.106 e. The maximum Gasteiger partial charge on any atom is 0.106 e. The molecule has 0 aliphatic carbocycles. The molecule has 0 radical (unpaired) electrons. The highest BCUT2D eigenvalue weighted by atomic mass is 16.5. The number of rotatable bonds is 4. The quantitative estimate of drug-likeness (QED) is 0.260. The second-order valence-corrected chi connectivity index (χ2v) is 2.76. The monoisotopic (exact) mass is 152 g/mol. The first-order valence-corrected chi connectivity index (χ1v) is 3.70. The first kappa shape index (κ1) is 10.0. The van der Waals surface area contributed by atoms with Gasteiger partial charge >= 0.3 is 0 Å². The van der Waals surface area contributed by atoms with Crippen molar-refractivity contribution >= 4 is 0 Å². The summed E-state index contributed by atoms with van der Waals surface area (Å²) in [6.07, 6.45) is 5.55. The Morgan fingerprint density at radius 2 is 2.00 bits per heavy atom. The average Bonchev–Trinajstić information content (AvgIpc) is 1.85. The van der Waals surface area contributed by atoms with Crippen LogP contribution in [0, 0.1) is 0 Å². The van der Waals surface area contributed by atoms with Gasteiger partial charge in [-0.15, -0.1) is 0 Å². The van der Waals surface area contributed by atoms with Crippen molar-refractivity contribution in [3.8, 4) is 0 Å². The molecule has 0 heterocycles. The van der Waals surface area contributed by atoms with Crippen molar-refractivity contribution in [2.75, 3.05) is 6.61 Å². The minimum absolute atomic E-state index is 0.645. The van der Waals surface area contributed by atoms with Crippen molar-refractivity contribution in [3.63, 3.8) is 0 Å². The lowest BCUT2D eigenvalue weighted by Gasteiger charge is -1.94. The molecule has 0 aromatic heterocycles. The Hall–Kier alpha value is -0.980. The molecule has 0 fully saturated rings. The Morgan fingerprint density at radius 1 is 1.36 bits per heavy atom. The minimum Gasteiger partial charge on any atom is -0.497 e. The number of hydrogen-bond donors (Lipinski definition) is 0. The zero-order valence-electron chi connectivity index (χ0n) is 7.55. The van der Waals surface area contributed by atoms with Gasteiger partial charge in [-0.25, -0.2) is 0 Å². The van der Waals surface area contributed by atoms with E-state index in [4.69, 9.17) is 4.74 Å². The summed E-state index contributed by atoms with van der Waals surface area (Å²) in [5, 5.41) is 0. The molecular weight excluding hydrogens is 136 g/mol. The molecule has 0 bridgehead atoms. The molecule has 11 heavy (non-hydrogen) atoms. The molecule has 1 nitrogen and oxygen atoms in total. The van der Waals surface area contributed by atoms with E-state index < -0.39 is 0 Å². The summed E-state index contributed by atoms with van der Waals surface area (Å²) >= 11 is 0. The molecule has 0 aromatic carbocycles. The first-order valence-electron chi connectivity index (χ1n) is 3.70. The van der Waals surface area contributed by atoms with Crippen LogP contribution in [-0.4, -0.2) is 6.61 Å². The van der Waals surface area contributed by atoms with Crippen LogP contribution in [0.25, 0.3) is 0 Å². The lowest BCUT2D eigenvalue weighted by Crippen LogP contribution is -1.81. The lowest BCUT2D eigenvalue weighted by molar-refractivity contribution is 0.289. The van der Waals surface area contributed by atoms with Crippen LogP contribution in [0.1, 0.15) is 20.8 Å². The van der Waals surface area contributed by atoms with Gasteiger partial charge in [0.15, 0.2) is 0 Å². The Balaban J connectivity index is 3.42. The van der Waals surface area contributed by atoms with Crippen molar-refractivity contribution in [3.05, 3.63) is 36.1 Å². The van der Waals surface area contributed by atoms with Crippen molar-refractivity contribution in [2.24, 2.45) is 0 Å². The molecule has 0 atom stereocenters. The van der Waals surface area contributed by atoms with Crippen LogP contribution in [0.5, 0.6) is 0 Å². The fourth-order valence-electron chi connectivity index (χ4n) is 0.435. The van der Waals surface area contributed by atoms with Gasteiger partial charge in [0.1, 0.15) is 6.61 Å². The van der Waals surface area contributed by atoms with Crippen LogP contribution >= 0.6 is 0 Å². The van der Waals surface area contributed by atoms with Gasteiger partial charge in [-0.05, 0) is 32.9 Å². The molecule has 0 amide bonds. The highest BCUT2D eigenvalue weighted by Gasteiger charge is 1.77. The van der Waals surface area contributed by atoms with E-state index in [1.54, 1.807) is 6.26 Å². The third-order valence-corrected chi connectivity index (χ3v) is 1.04. The molecule has 0 N–H and O–H groups in total. The van der Waals surface area contributed by atoms with Crippen molar-refractivity contribution < 1.29 is 4.74 Å². The summed E-state index contributed by atoms with van der Waals surface area (Å²) < 4.78 is 5.14. The zero-order chi connectivity index (χ0) is 8.69. The van der Waals surface area contributed by atoms with E-state index in [0.29, 0.717) is 6.61 Å². The molecule has 0 aliphatic heterocycles. The fraction of sp³-hybridized carbons (Fsp3) is 0.400. The number of ether oxygens (including phenoxy) is 1. The van der Waals surface area contributed by atoms with Crippen LogP contribution in [0.15, 0.2) is 36.1 Å². The number of hydrogen-bond acceptors (Lipinski definition) is 1. The van der Waals surface area contributed by atoms with Gasteiger partial charge in [0, 0.05) is 0 Å². The maximum atomic E-state index is 5.14. The van der Waals surface area contributed by atoms with Crippen LogP contribution < -0.4 is 0 Å². The van der Waals surface area contributed by atoms with Gasteiger partial charge in [-0.2, -0.15) is 0 Å². The van der Waals surface area contributed by atoms with E-state index in [9.17, 15) is 0 Å². The van der Waals surface area contributed by atoms with E-state index >= 15 is 0 Å². The molecule has 1 heteroatoms. The highest BCUT2D eigenvalue weighted by molar-refractivity contribution is 5.08. The largest absolute Gasteiger partial charge is 0.497 e. The molecule has 0 unspecified atom stereocenters. The van der Waals surface area contributed by atoms with Crippen molar-refractivity contribution in [1.29, 1.82) is 0 Å². The number of allylic oxidation sites excluding steroid dienone is 3. The van der Waals surface area contributed by atoms with Crippen molar-refractivity contribution in [2.45, 2.75) is 20.8 Å². The normalized spacial score (nSPS) is 9.73. The maximum absolute atomic E-state index is 5.14. The second kappa shape index (κ2) is 5.78. The van der Waals surface area contributed by atoms with Crippen LogP contribution in [0.3, 0.4) is 0 Å². The average molecular weight is 152 g/mol. The summed E-state index contributed by atoms with van der Waals surface area (Å²) in [6, 6.07) is 0. The SMILES string of the molecule is C=C(C)C=COCC=C(C)C. The third kappa shape index (κ3) is 9.02. The Bertz CT molecular complexity index is 171. The molecular formula is C10H16O. The molecule has 0 saturated heterocycles. The Kier molecular flexibility index (Phi) is 5.26. The summed E-state index contributed by atoms with van der Waals surface area (Å²) in [5.41, 5.74) is 2.27. The second-order valence-electron chi connectivity index (χ2n) is 2.76. The first-order chi connectivity index (χ1) is 5.13. The summed E-state index contributed by atoms with van der Waals surface area (Å²) in [4.78, 5) is 0. The summed E-state index contributed by atoms with van der Waals surface area (Å²) in [6.45, 7) is 10.4. The predicted octanol–water partition coefficient (Wildman–Crippen LogP) is 3.06. The van der Waals surface area contributed by atoms with Gasteiger partial charge < -0.3 is 4.74 Å². The third-order valence-electron chi connectivity index (χ3n) is 1.04. The van der Waals surface area contributed by atoms with E-state index in [1.807, 2.05) is 32.9 Å². The van der Waals surface area contributed by atoms with E-state index in [0.717, 1.165) is 5.57 Å². The van der Waals surface area contributed by atoms with E-state index in [2.05, 4.69) is 6.58 Å². The molecule has 0 spiro atoms. The van der Waals surface area contributed by atoms with Gasteiger partial charge in [-0.3, -0.25) is 0 Å². The molecule has 0 rings (SSSR count). The van der Waals surface area contributed by atoms with Gasteiger partial charge in [0.05, 0.1) is 6.26 Å². The van der Waals surface area contributed by atoms with Crippen LogP contribution in [-0.2, 0) is 4.74 Å². The molecule has 0 saturated carbocycles. The molecule has 0 aliphatic rings. The standard InChI is InChI=1S/C10H16O/c1-9(2)5-7-11-8-6-10(3)4/h5-7H,1,8H2,2-4H3. The Labute approximate surface area is 69.1 Å². The highest BCUT2D eigenvalue weighted by Crippen LogP contribution is 1.92. The van der Waals surface area contributed by atoms with E-state index in [1.165, 1.54) is 5.57 Å². The Morgan fingerprint density at radius 3 is 2.45 bits per heavy atom. The van der Waals surface area contributed by atoms with E-state index in [-0.39, 0.29) is 0 Å². The van der Waals surface area contributed by atoms with Gasteiger partial charge in [0.25, 0.3) is 0 Å². The summed E-state index contributed by atoms with van der Waals surface area (Å²) in [7, 11) is 0. The van der Waals surface area contributed by atoms with Gasteiger partial charge in [-0.1, -0.05) is 17.7 Å². The van der Waals surface area contributed by atoms with Crippen LogP contribution in [0.4, 0.5) is 0 Å². The minimum atomic E-state index is 0.645. The summed E-state index contributed by atoms with van der Waals surface area (Å²) in [5.74, 6) is 0. The van der Waals surface area contributed by atoms with Crippen molar-refractivity contribution in [1.82, 2.24) is 0 Å². The lowest BCUT2D eigenvalue weighted by atomic mass is 10.3. The topological polar surface area (TPSA) is 9.23 Å². The molecule has 62 valence electrons. The zero-order valence-corrected chi connectivity index (χ0v) is 7.55. The fourth-order valence-corrected chi connectivity index (χ4v) is 0.435. The molecule has 0 aromatic rings. The van der Waals surface area contributed by atoms with Crippen LogP contribution in [0.2, 0.25) is 0 Å². The predicted molar refractivity (Wildman–Crippen MR) is 49.3 cm³/mol. The van der Waals surface area contributed by atoms with Gasteiger partial charge in [0.2, 0.25) is 0 Å².